The standard InChI is InChI=1S/C14H14N4O2S/c15-13(21)12-8-18(5-6-20-12)14(19)9-1-2-10-11(7-9)17-4-3-16-10/h1-4,7,12H,5-6,8H2,(H2,15,21). The lowest BCUT2D eigenvalue weighted by Gasteiger charge is -2.32. The number of rotatable bonds is 2. The van der Waals surface area contributed by atoms with E-state index in [1.807, 2.05) is 0 Å². The molecule has 1 aliphatic rings. The molecule has 1 aromatic carbocycles. The monoisotopic (exact) mass is 302 g/mol. The molecule has 2 heterocycles. The number of nitrogens with zero attached hydrogens (tertiary/aromatic N) is 3. The van der Waals surface area contributed by atoms with Crippen molar-refractivity contribution in [3.8, 4) is 0 Å². The van der Waals surface area contributed by atoms with Gasteiger partial charge in [0.25, 0.3) is 5.91 Å². The number of hydrogen-bond donors (Lipinski definition) is 1. The first-order valence-electron chi connectivity index (χ1n) is 6.56. The van der Waals surface area contributed by atoms with Gasteiger partial charge < -0.3 is 15.4 Å². The van der Waals surface area contributed by atoms with Crippen molar-refractivity contribution in [2.24, 2.45) is 5.73 Å². The average molecular weight is 302 g/mol. The van der Waals surface area contributed by atoms with Gasteiger partial charge in [0.2, 0.25) is 0 Å². The van der Waals surface area contributed by atoms with Crippen molar-refractivity contribution in [1.82, 2.24) is 14.9 Å². The number of amides is 1. The summed E-state index contributed by atoms with van der Waals surface area (Å²) < 4.78 is 5.44. The fourth-order valence-corrected chi connectivity index (χ4v) is 2.43. The Balaban J connectivity index is 1.84. The SMILES string of the molecule is NC(=S)C1CN(C(=O)c2ccc3nccnc3c2)CCO1. The molecule has 3 rings (SSSR count). The summed E-state index contributed by atoms with van der Waals surface area (Å²) in [7, 11) is 0. The van der Waals surface area contributed by atoms with Crippen LogP contribution in [-0.4, -0.2) is 51.6 Å². The minimum absolute atomic E-state index is 0.0768. The summed E-state index contributed by atoms with van der Waals surface area (Å²) in [6.07, 6.45) is 2.85. The van der Waals surface area contributed by atoms with Crippen LogP contribution in [0.3, 0.4) is 0 Å². The van der Waals surface area contributed by atoms with Crippen molar-refractivity contribution in [2.45, 2.75) is 6.10 Å². The van der Waals surface area contributed by atoms with Crippen molar-refractivity contribution in [1.29, 1.82) is 0 Å². The zero-order chi connectivity index (χ0) is 14.8. The van der Waals surface area contributed by atoms with Gasteiger partial charge in [0.05, 0.1) is 24.2 Å². The van der Waals surface area contributed by atoms with Crippen LogP contribution in [0.5, 0.6) is 0 Å². The Morgan fingerprint density at radius 3 is 2.86 bits per heavy atom. The second kappa shape index (κ2) is 5.71. The molecule has 0 spiro atoms. The van der Waals surface area contributed by atoms with Gasteiger partial charge in [-0.25, -0.2) is 0 Å². The van der Waals surface area contributed by atoms with Crippen LogP contribution in [0.25, 0.3) is 11.0 Å². The summed E-state index contributed by atoms with van der Waals surface area (Å²) in [5, 5.41) is 0. The van der Waals surface area contributed by atoms with Gasteiger partial charge in [0, 0.05) is 24.5 Å². The largest absolute Gasteiger partial charge is 0.391 e. The molecular weight excluding hydrogens is 288 g/mol. The van der Waals surface area contributed by atoms with Crippen LogP contribution in [-0.2, 0) is 4.74 Å². The predicted octanol–water partition coefficient (Wildman–Crippen LogP) is 0.757. The fraction of sp³-hybridized carbons (Fsp3) is 0.286. The highest BCUT2D eigenvalue weighted by Gasteiger charge is 2.26. The molecule has 7 heteroatoms. The van der Waals surface area contributed by atoms with E-state index in [0.717, 1.165) is 5.52 Å². The number of morpholine rings is 1. The zero-order valence-electron chi connectivity index (χ0n) is 11.2. The van der Waals surface area contributed by atoms with E-state index < -0.39 is 0 Å². The number of ether oxygens (including phenoxy) is 1. The van der Waals surface area contributed by atoms with Crippen LogP contribution < -0.4 is 5.73 Å². The summed E-state index contributed by atoms with van der Waals surface area (Å²) in [4.78, 5) is 22.9. The number of carbonyl (C=O) groups is 1. The molecule has 1 fully saturated rings. The van der Waals surface area contributed by atoms with Crippen LogP contribution in [0, 0.1) is 0 Å². The Morgan fingerprint density at radius 2 is 2.10 bits per heavy atom. The molecule has 1 aromatic heterocycles. The Bertz CT molecular complexity index is 706. The van der Waals surface area contributed by atoms with Crippen LogP contribution in [0.1, 0.15) is 10.4 Å². The minimum Gasteiger partial charge on any atom is -0.391 e. The van der Waals surface area contributed by atoms with Crippen molar-refractivity contribution >= 4 is 34.1 Å². The van der Waals surface area contributed by atoms with Crippen molar-refractivity contribution < 1.29 is 9.53 Å². The van der Waals surface area contributed by atoms with E-state index in [0.29, 0.717) is 30.8 Å². The van der Waals surface area contributed by atoms with E-state index in [-0.39, 0.29) is 17.0 Å². The van der Waals surface area contributed by atoms with Crippen molar-refractivity contribution in [3.05, 3.63) is 36.2 Å². The number of benzene rings is 1. The third-order valence-corrected chi connectivity index (χ3v) is 3.65. The number of fused-ring (bicyclic) bond motifs is 1. The summed E-state index contributed by atoms with van der Waals surface area (Å²) in [5.74, 6) is -0.0768. The van der Waals surface area contributed by atoms with Gasteiger partial charge in [-0.1, -0.05) is 12.2 Å². The van der Waals surface area contributed by atoms with Gasteiger partial charge in [-0.15, -0.1) is 0 Å². The van der Waals surface area contributed by atoms with E-state index in [4.69, 9.17) is 22.7 Å². The molecule has 2 N–H and O–H groups in total. The average Bonchev–Trinajstić information content (AvgIpc) is 2.53. The summed E-state index contributed by atoms with van der Waals surface area (Å²) in [6.45, 7) is 1.34. The molecule has 2 aromatic rings. The van der Waals surface area contributed by atoms with Gasteiger partial charge in [0.15, 0.2) is 0 Å². The lowest BCUT2D eigenvalue weighted by molar-refractivity contribution is 0.00879. The molecule has 1 atom stereocenters. The van der Waals surface area contributed by atoms with E-state index in [1.165, 1.54) is 0 Å². The number of thiocarbonyl (C=S) groups is 1. The highest BCUT2D eigenvalue weighted by atomic mass is 32.1. The zero-order valence-corrected chi connectivity index (χ0v) is 12.0. The fourth-order valence-electron chi connectivity index (χ4n) is 2.28. The number of hydrogen-bond acceptors (Lipinski definition) is 5. The second-order valence-corrected chi connectivity index (χ2v) is 5.24. The Kier molecular flexibility index (Phi) is 3.76. The van der Waals surface area contributed by atoms with Crippen LogP contribution >= 0.6 is 12.2 Å². The van der Waals surface area contributed by atoms with E-state index in [9.17, 15) is 4.79 Å². The van der Waals surface area contributed by atoms with E-state index in [1.54, 1.807) is 35.5 Å². The molecule has 21 heavy (non-hydrogen) atoms. The maximum atomic E-state index is 12.5. The maximum absolute atomic E-state index is 12.5. The topological polar surface area (TPSA) is 81.3 Å². The number of carbonyl (C=O) groups excluding carboxylic acids is 1. The third kappa shape index (κ3) is 2.84. The normalized spacial score (nSPS) is 18.7. The maximum Gasteiger partial charge on any atom is 0.254 e. The van der Waals surface area contributed by atoms with Gasteiger partial charge in [-0.2, -0.15) is 0 Å². The molecule has 1 unspecified atom stereocenters. The Hall–Kier alpha value is -2.12. The lowest BCUT2D eigenvalue weighted by atomic mass is 10.1. The van der Waals surface area contributed by atoms with Crippen molar-refractivity contribution in [2.75, 3.05) is 19.7 Å². The number of nitrogens with two attached hydrogens (primary N) is 1. The Morgan fingerprint density at radius 1 is 1.33 bits per heavy atom. The second-order valence-electron chi connectivity index (χ2n) is 4.77. The molecule has 108 valence electrons. The predicted molar refractivity (Wildman–Crippen MR) is 82.0 cm³/mol. The first-order valence-corrected chi connectivity index (χ1v) is 6.97. The molecule has 0 aliphatic carbocycles. The van der Waals surface area contributed by atoms with Gasteiger partial charge in [-0.3, -0.25) is 14.8 Å². The van der Waals surface area contributed by atoms with Gasteiger partial charge in [-0.05, 0) is 18.2 Å². The first-order chi connectivity index (χ1) is 10.1. The van der Waals surface area contributed by atoms with Gasteiger partial charge >= 0.3 is 0 Å². The smallest absolute Gasteiger partial charge is 0.254 e. The summed E-state index contributed by atoms with van der Waals surface area (Å²) in [5.41, 5.74) is 7.63. The van der Waals surface area contributed by atoms with Crippen molar-refractivity contribution in [3.63, 3.8) is 0 Å². The molecule has 1 saturated heterocycles. The van der Waals surface area contributed by atoms with Crippen LogP contribution in [0.15, 0.2) is 30.6 Å². The van der Waals surface area contributed by atoms with E-state index >= 15 is 0 Å². The quantitative estimate of drug-likeness (QED) is 0.825. The molecular formula is C14H14N4O2S. The van der Waals surface area contributed by atoms with Gasteiger partial charge in [0.1, 0.15) is 11.1 Å². The molecule has 0 saturated carbocycles. The first kappa shape index (κ1) is 13.8. The lowest BCUT2D eigenvalue weighted by Crippen LogP contribution is -2.49. The molecule has 0 bridgehead atoms. The third-order valence-electron chi connectivity index (χ3n) is 3.39. The van der Waals surface area contributed by atoms with E-state index in [2.05, 4.69) is 9.97 Å². The highest BCUT2D eigenvalue weighted by molar-refractivity contribution is 7.80. The van der Waals surface area contributed by atoms with Crippen LogP contribution in [0.2, 0.25) is 0 Å². The molecule has 6 nitrogen and oxygen atoms in total. The van der Waals surface area contributed by atoms with Crippen LogP contribution in [0.4, 0.5) is 0 Å². The summed E-state index contributed by atoms with van der Waals surface area (Å²) >= 11 is 4.93. The minimum atomic E-state index is -0.377. The molecule has 0 radical (unpaired) electrons. The molecule has 1 aliphatic heterocycles. The molecule has 1 amide bonds. The number of aromatic nitrogens is 2. The Labute approximate surface area is 126 Å². The summed E-state index contributed by atoms with van der Waals surface area (Å²) in [6, 6.07) is 5.29. The highest BCUT2D eigenvalue weighted by Crippen LogP contribution is 2.15.